The summed E-state index contributed by atoms with van der Waals surface area (Å²) < 4.78 is 31.0. The third-order valence-electron chi connectivity index (χ3n) is 8.43. The first-order chi connectivity index (χ1) is 22.2. The molecule has 49 heavy (non-hydrogen) atoms. The molecule has 0 atom stereocenters. The third kappa shape index (κ3) is 19.6. The van der Waals surface area contributed by atoms with Crippen LogP contribution >= 0.6 is 0 Å². The molecule has 0 heterocycles. The smallest absolute Gasteiger partial charge is 0.393 e. The molecule has 0 saturated carbocycles. The minimum Gasteiger partial charge on any atom is -0.491 e. The molecule has 0 rings (SSSR count). The van der Waals surface area contributed by atoms with Crippen molar-refractivity contribution in [1.82, 2.24) is 0 Å². The van der Waals surface area contributed by atoms with Gasteiger partial charge in [-0.05, 0) is 102 Å². The summed E-state index contributed by atoms with van der Waals surface area (Å²) in [6.45, 7) is 47.6. The van der Waals surface area contributed by atoms with Crippen molar-refractivity contribution in [2.75, 3.05) is 0 Å². The summed E-state index contributed by atoms with van der Waals surface area (Å²) >= 11 is 0. The van der Waals surface area contributed by atoms with E-state index in [2.05, 4.69) is 131 Å². The number of hydrogen-bond acceptors (Lipinski definition) is 5. The first-order valence-corrected chi connectivity index (χ1v) is 29.4. The van der Waals surface area contributed by atoms with Crippen molar-refractivity contribution in [2.45, 2.75) is 186 Å². The molecule has 5 nitrogen and oxygen atoms in total. The maximum atomic E-state index is 13.5. The summed E-state index contributed by atoms with van der Waals surface area (Å²) in [6, 6.07) is 8.70. The van der Waals surface area contributed by atoms with Gasteiger partial charge in [-0.2, -0.15) is 0 Å². The van der Waals surface area contributed by atoms with Gasteiger partial charge >= 0.3 is 31.7 Å². The molecule has 0 saturated heterocycles. The van der Waals surface area contributed by atoms with E-state index in [-0.39, 0.29) is 5.97 Å². The Bertz CT molecular complexity index is 902. The zero-order valence-corrected chi connectivity index (χ0v) is 40.3. The van der Waals surface area contributed by atoms with E-state index < -0.39 is 34.0 Å². The van der Waals surface area contributed by atoms with Crippen molar-refractivity contribution in [3.05, 3.63) is 12.2 Å². The first kappa shape index (κ1) is 49.0. The normalized spacial score (nSPS) is 14.0. The largest absolute Gasteiger partial charge is 0.491 e. The molecule has 9 heteroatoms. The minimum absolute atomic E-state index is 0.314. The molecule has 0 bridgehead atoms. The molecule has 0 aliphatic heterocycles. The molecular weight excluding hydrogens is 673 g/mol. The Kier molecular flexibility index (Phi) is 21.6. The second kappa shape index (κ2) is 21.6. The highest BCUT2D eigenvalue weighted by molar-refractivity contribution is 6.91. The van der Waals surface area contributed by atoms with E-state index in [1.807, 2.05) is 0 Å². The predicted octanol–water partition coefficient (Wildman–Crippen LogP) is 13.3. The lowest BCUT2D eigenvalue weighted by Gasteiger charge is -2.51. The van der Waals surface area contributed by atoms with Gasteiger partial charge in [-0.25, -0.2) is 4.79 Å². The second-order valence-electron chi connectivity index (χ2n) is 19.8. The molecule has 0 radical (unpaired) electrons. The van der Waals surface area contributed by atoms with Crippen LogP contribution in [0.2, 0.25) is 54.4 Å². The molecule has 0 amide bonds. The van der Waals surface area contributed by atoms with Crippen LogP contribution in [-0.4, -0.2) is 40.0 Å². The van der Waals surface area contributed by atoms with Gasteiger partial charge in [0.25, 0.3) is 0 Å². The van der Waals surface area contributed by atoms with Crippen molar-refractivity contribution in [3.63, 3.8) is 0 Å². The van der Waals surface area contributed by atoms with Gasteiger partial charge in [0.2, 0.25) is 0 Å². The molecule has 0 aromatic carbocycles. The van der Waals surface area contributed by atoms with Crippen LogP contribution in [0.25, 0.3) is 0 Å². The van der Waals surface area contributed by atoms with Crippen LogP contribution in [-0.2, 0) is 21.6 Å². The van der Waals surface area contributed by atoms with Crippen molar-refractivity contribution in [2.24, 2.45) is 53.3 Å². The lowest BCUT2D eigenvalue weighted by atomic mass is 10.2. The topological polar surface area (TPSA) is 54.0 Å². The van der Waals surface area contributed by atoms with E-state index >= 15 is 0 Å². The summed E-state index contributed by atoms with van der Waals surface area (Å²) in [5, 5.41) is 0. The SMILES string of the molecule is C=C(C)C(=O)O[Si](CC(C)C)(CC(C)C)O[Si](CC(C)C)(CC(C)C)O[Si](CC(C)C)(CC(C)C)O[Si](CC(C)C)(CC(C)C)CC(C)C. The first-order valence-electron chi connectivity index (χ1n) is 20.2. The highest BCUT2D eigenvalue weighted by Gasteiger charge is 2.58. The van der Waals surface area contributed by atoms with E-state index in [4.69, 9.17) is 16.8 Å². The van der Waals surface area contributed by atoms with E-state index in [1.54, 1.807) is 6.92 Å². The molecule has 0 N–H and O–H groups in total. The average molecular weight is 759 g/mol. The summed E-state index contributed by atoms with van der Waals surface area (Å²) in [6.07, 6.45) is 0. The van der Waals surface area contributed by atoms with Gasteiger partial charge < -0.3 is 16.8 Å². The van der Waals surface area contributed by atoms with Gasteiger partial charge in [0.15, 0.2) is 8.32 Å². The number of carbonyl (C=O) groups excluding carboxylic acids is 1. The quantitative estimate of drug-likeness (QED) is 0.0649. The third-order valence-corrected chi connectivity index (χ3v) is 31.5. The molecule has 0 aliphatic rings. The van der Waals surface area contributed by atoms with Gasteiger partial charge in [-0.3, -0.25) is 0 Å². The van der Waals surface area contributed by atoms with E-state index in [9.17, 15) is 4.79 Å². The van der Waals surface area contributed by atoms with Gasteiger partial charge in [0.1, 0.15) is 0 Å². The highest BCUT2D eigenvalue weighted by atomic mass is 28.5. The van der Waals surface area contributed by atoms with E-state index in [0.717, 1.165) is 54.4 Å². The number of carbonyl (C=O) groups is 1. The van der Waals surface area contributed by atoms with Gasteiger partial charge in [0.05, 0.1) is 0 Å². The van der Waals surface area contributed by atoms with Crippen LogP contribution in [0.3, 0.4) is 0 Å². The van der Waals surface area contributed by atoms with Crippen LogP contribution in [0, 0.1) is 53.3 Å². The molecule has 0 fully saturated rings. The average Bonchev–Trinajstić information content (AvgIpc) is 2.78. The van der Waals surface area contributed by atoms with E-state index in [0.29, 0.717) is 58.8 Å². The molecular formula is C40H86O5Si4. The van der Waals surface area contributed by atoms with Crippen LogP contribution in [0.15, 0.2) is 12.2 Å². The highest BCUT2D eigenvalue weighted by Crippen LogP contribution is 2.45. The van der Waals surface area contributed by atoms with Crippen molar-refractivity contribution >= 4 is 40.0 Å². The Morgan fingerprint density at radius 3 is 0.878 bits per heavy atom. The standard InChI is InChI=1S/C40H86O5Si4/c1-30(2)21-46(22-31(3)4,23-32(5)6)43-48(26-35(11)12,27-36(13)14)45-49(28-37(15)16,29-38(17)18)44-47(24-33(7)8,25-34(9)10)42-40(41)39(19)20/h30-38H,19,21-29H2,1-18,20H3. The van der Waals surface area contributed by atoms with Crippen molar-refractivity contribution in [3.8, 4) is 0 Å². The Balaban J connectivity index is 8.10. The van der Waals surface area contributed by atoms with Crippen LogP contribution in [0.1, 0.15) is 132 Å². The monoisotopic (exact) mass is 759 g/mol. The van der Waals surface area contributed by atoms with Crippen molar-refractivity contribution in [1.29, 1.82) is 0 Å². The molecule has 292 valence electrons. The van der Waals surface area contributed by atoms with Gasteiger partial charge in [-0.15, -0.1) is 0 Å². The fraction of sp³-hybridized carbons (Fsp3) is 0.925. The van der Waals surface area contributed by atoms with Gasteiger partial charge in [0, 0.05) is 17.7 Å². The summed E-state index contributed by atoms with van der Waals surface area (Å²) in [7, 11) is -11.4. The number of rotatable bonds is 26. The molecule has 0 aromatic heterocycles. The Labute approximate surface area is 311 Å². The second-order valence-corrected chi connectivity index (χ2v) is 33.9. The summed E-state index contributed by atoms with van der Waals surface area (Å²) in [4.78, 5) is 13.5. The lowest BCUT2D eigenvalue weighted by Crippen LogP contribution is -2.65. The molecule has 0 aliphatic carbocycles. The molecule has 0 spiro atoms. The maximum Gasteiger partial charge on any atom is 0.393 e. The fourth-order valence-electron chi connectivity index (χ4n) is 8.48. The fourth-order valence-corrected chi connectivity index (χ4v) is 36.3. The van der Waals surface area contributed by atoms with Gasteiger partial charge in [-0.1, -0.05) is 131 Å². The number of hydrogen-bond donors (Lipinski definition) is 0. The Hall–Kier alpha value is -0.0425. The zero-order valence-electron chi connectivity index (χ0n) is 36.3. The van der Waals surface area contributed by atoms with E-state index in [1.165, 1.54) is 0 Å². The minimum atomic E-state index is -3.13. The molecule has 0 unspecified atom stereocenters. The van der Waals surface area contributed by atoms with Crippen molar-refractivity contribution < 1.29 is 21.6 Å². The maximum absolute atomic E-state index is 13.5. The van der Waals surface area contributed by atoms with Crippen LogP contribution in [0.5, 0.6) is 0 Å². The Morgan fingerprint density at radius 1 is 0.408 bits per heavy atom. The lowest BCUT2D eigenvalue weighted by molar-refractivity contribution is -0.132. The Morgan fingerprint density at radius 2 is 0.633 bits per heavy atom. The summed E-state index contributed by atoms with van der Waals surface area (Å²) in [5.74, 6) is 3.66. The van der Waals surface area contributed by atoms with Crippen LogP contribution < -0.4 is 0 Å². The van der Waals surface area contributed by atoms with Crippen LogP contribution in [0.4, 0.5) is 0 Å². The molecule has 0 aromatic rings. The predicted molar refractivity (Wildman–Crippen MR) is 224 cm³/mol. The summed E-state index contributed by atoms with van der Waals surface area (Å²) in [5.41, 5.74) is 0.437. The zero-order chi connectivity index (χ0) is 38.5.